The summed E-state index contributed by atoms with van der Waals surface area (Å²) in [4.78, 5) is 23.3. The molecule has 240 valence electrons. The minimum Gasteiger partial charge on any atom is -0.496 e. The second-order valence-electron chi connectivity index (χ2n) is 10.7. The molecule has 2 aromatic carbocycles. The fraction of sp³-hybridized carbons (Fsp3) is 0.200. The summed E-state index contributed by atoms with van der Waals surface area (Å²) >= 11 is 1.50. The van der Waals surface area contributed by atoms with Gasteiger partial charge in [-0.2, -0.15) is 18.3 Å². The van der Waals surface area contributed by atoms with Gasteiger partial charge in [-0.1, -0.05) is 37.3 Å². The molecular weight excluding hydrogens is 627 g/mol. The van der Waals surface area contributed by atoms with Gasteiger partial charge in [-0.15, -0.1) is 11.3 Å². The van der Waals surface area contributed by atoms with Crippen LogP contribution < -0.4 is 14.8 Å². The lowest BCUT2D eigenvalue weighted by molar-refractivity contribution is -0.143. The number of hydrogen-bond donors (Lipinski definition) is 1. The molecule has 0 unspecified atom stereocenters. The number of benzene rings is 2. The lowest BCUT2D eigenvalue weighted by atomic mass is 10.0. The van der Waals surface area contributed by atoms with Gasteiger partial charge >= 0.3 is 6.18 Å². The maximum Gasteiger partial charge on any atom is 0.434 e. The highest BCUT2D eigenvalue weighted by molar-refractivity contribution is 7.22. The molecule has 0 atom stereocenters. The van der Waals surface area contributed by atoms with Crippen LogP contribution in [0, 0.1) is 0 Å². The predicted octanol–water partition coefficient (Wildman–Crippen LogP) is 8.29. The number of halogens is 3. The summed E-state index contributed by atoms with van der Waals surface area (Å²) in [6.07, 6.45) is 0.410. The molecule has 0 bridgehead atoms. The number of alkyl halides is 3. The highest BCUT2D eigenvalue weighted by atomic mass is 32.1. The minimum absolute atomic E-state index is 0.200. The van der Waals surface area contributed by atoms with Crippen molar-refractivity contribution in [3.05, 3.63) is 114 Å². The van der Waals surface area contributed by atoms with Gasteiger partial charge in [-0.25, -0.2) is 4.68 Å². The van der Waals surface area contributed by atoms with Crippen LogP contribution in [0.15, 0.2) is 91.4 Å². The number of hydrogen-bond acceptors (Lipinski definition) is 8. The van der Waals surface area contributed by atoms with Crippen LogP contribution in [0.4, 0.5) is 13.2 Å². The van der Waals surface area contributed by atoms with Gasteiger partial charge in [0.1, 0.15) is 17.2 Å². The second kappa shape index (κ2) is 13.7. The number of ketones is 1. The number of methoxy groups -OCH3 is 1. The Morgan fingerprint density at radius 1 is 0.979 bits per heavy atom. The fourth-order valence-corrected chi connectivity index (χ4v) is 6.17. The van der Waals surface area contributed by atoms with Gasteiger partial charge in [0.25, 0.3) is 0 Å². The van der Waals surface area contributed by atoms with Crippen molar-refractivity contribution in [1.82, 2.24) is 25.1 Å². The number of carbonyl (C=O) groups is 1. The molecule has 47 heavy (non-hydrogen) atoms. The molecule has 6 aromatic rings. The number of nitrogens with one attached hydrogen (secondary N) is 1. The third-order valence-corrected chi connectivity index (χ3v) is 8.55. The van der Waals surface area contributed by atoms with Crippen molar-refractivity contribution in [3.63, 3.8) is 0 Å². The van der Waals surface area contributed by atoms with Gasteiger partial charge in [-0.3, -0.25) is 14.8 Å². The Kier molecular flexibility index (Phi) is 9.32. The lowest BCUT2D eigenvalue weighted by Gasteiger charge is -2.14. The summed E-state index contributed by atoms with van der Waals surface area (Å²) in [5.74, 6) is 0.554. The summed E-state index contributed by atoms with van der Waals surface area (Å²) in [6, 6.07) is 20.5. The van der Waals surface area contributed by atoms with Crippen molar-refractivity contribution in [3.8, 4) is 33.5 Å². The Labute approximate surface area is 272 Å². The Bertz CT molecular complexity index is 2010. The van der Waals surface area contributed by atoms with E-state index in [0.717, 1.165) is 56.7 Å². The van der Waals surface area contributed by atoms with Crippen LogP contribution in [0.3, 0.4) is 0 Å². The predicted molar refractivity (Wildman–Crippen MR) is 175 cm³/mol. The maximum absolute atomic E-state index is 14.1. The molecular formula is C35H30F3N5O3S. The average molecular weight is 658 g/mol. The largest absolute Gasteiger partial charge is 0.496 e. The summed E-state index contributed by atoms with van der Waals surface area (Å²) in [6.45, 7) is 3.83. The van der Waals surface area contributed by atoms with E-state index in [1.54, 1.807) is 48.7 Å². The van der Waals surface area contributed by atoms with Crippen LogP contribution >= 0.6 is 11.3 Å². The van der Waals surface area contributed by atoms with Gasteiger partial charge in [0.2, 0.25) is 0 Å². The number of pyridine rings is 2. The number of ether oxygens (including phenoxy) is 2. The summed E-state index contributed by atoms with van der Waals surface area (Å²) in [5, 5.41) is 7.27. The van der Waals surface area contributed by atoms with Gasteiger partial charge in [0.15, 0.2) is 11.5 Å². The third-order valence-electron chi connectivity index (χ3n) is 7.39. The Hall–Kier alpha value is -5.07. The normalized spacial score (nSPS) is 11.6. The van der Waals surface area contributed by atoms with E-state index in [4.69, 9.17) is 9.47 Å². The van der Waals surface area contributed by atoms with Crippen LogP contribution in [0.5, 0.6) is 17.2 Å². The SMILES string of the molecule is CCCNCc1ccc(-c2cc3nccc(Oc4ccc(CC(=O)c5cnn(-c6ccccc6)c5C(F)(F)F)c(OC)c4)c3s2)nc1. The topological polar surface area (TPSA) is 91.2 Å². The molecule has 0 aliphatic carbocycles. The number of rotatable bonds is 12. The molecule has 0 saturated carbocycles. The van der Waals surface area contributed by atoms with E-state index in [-0.39, 0.29) is 12.1 Å². The second-order valence-corrected chi connectivity index (χ2v) is 11.7. The van der Waals surface area contributed by atoms with Crippen LogP contribution in [0.25, 0.3) is 26.5 Å². The highest BCUT2D eigenvalue weighted by Crippen LogP contribution is 2.40. The molecule has 0 spiro atoms. The zero-order chi connectivity index (χ0) is 33.0. The molecule has 0 saturated heterocycles. The van der Waals surface area contributed by atoms with Gasteiger partial charge in [0, 0.05) is 43.1 Å². The maximum atomic E-state index is 14.1. The van der Waals surface area contributed by atoms with E-state index >= 15 is 0 Å². The van der Waals surface area contributed by atoms with E-state index in [9.17, 15) is 18.0 Å². The monoisotopic (exact) mass is 657 g/mol. The molecule has 0 fully saturated rings. The first kappa shape index (κ1) is 31.9. The van der Waals surface area contributed by atoms with Gasteiger partial charge in [-0.05, 0) is 48.9 Å². The minimum atomic E-state index is -4.80. The molecule has 0 amide bonds. The summed E-state index contributed by atoms with van der Waals surface area (Å²) in [5.41, 5.74) is 1.65. The van der Waals surface area contributed by atoms with Crippen molar-refractivity contribution in [2.24, 2.45) is 0 Å². The zero-order valence-corrected chi connectivity index (χ0v) is 26.4. The van der Waals surface area contributed by atoms with Crippen LogP contribution in [0.2, 0.25) is 0 Å². The van der Waals surface area contributed by atoms with E-state index in [1.165, 1.54) is 30.6 Å². The first-order valence-electron chi connectivity index (χ1n) is 14.9. The zero-order valence-electron chi connectivity index (χ0n) is 25.5. The third kappa shape index (κ3) is 7.03. The van der Waals surface area contributed by atoms with Crippen LogP contribution in [-0.2, 0) is 19.1 Å². The number of aromatic nitrogens is 4. The molecule has 12 heteroatoms. The van der Waals surface area contributed by atoms with Crippen LogP contribution in [-0.4, -0.2) is 39.2 Å². The van der Waals surface area contributed by atoms with E-state index < -0.39 is 23.2 Å². The highest BCUT2D eigenvalue weighted by Gasteiger charge is 2.40. The Balaban J connectivity index is 1.22. The van der Waals surface area contributed by atoms with Crippen molar-refractivity contribution in [2.75, 3.05) is 13.7 Å². The van der Waals surface area contributed by atoms with Crippen molar-refractivity contribution < 1.29 is 27.4 Å². The quantitative estimate of drug-likeness (QED) is 0.105. The van der Waals surface area contributed by atoms with E-state index in [2.05, 4.69) is 33.4 Å². The number of nitrogens with zero attached hydrogens (tertiary/aromatic N) is 4. The van der Waals surface area contributed by atoms with Gasteiger partial charge in [0.05, 0.1) is 45.3 Å². The summed E-state index contributed by atoms with van der Waals surface area (Å²) in [7, 11) is 1.43. The van der Waals surface area contributed by atoms with E-state index in [0.29, 0.717) is 22.8 Å². The standard InChI is InChI=1S/C35H30F3N5O3S/c1-3-14-39-19-22-9-12-27(41-20-22)32-18-28-33(47-32)30(13-15-40-28)46-25-11-10-23(31(17-25)45-2)16-29(44)26-21-42-43(34(26)35(36,37)38)24-7-5-4-6-8-24/h4-13,15,17-18,20-21,39H,3,14,16,19H2,1-2H3. The molecule has 4 aromatic heterocycles. The molecule has 4 heterocycles. The number of thiophene rings is 1. The lowest BCUT2D eigenvalue weighted by Crippen LogP contribution is -2.18. The van der Waals surface area contributed by atoms with E-state index in [1.807, 2.05) is 18.3 Å². The average Bonchev–Trinajstić information content (AvgIpc) is 3.73. The smallest absolute Gasteiger partial charge is 0.434 e. The fourth-order valence-electron chi connectivity index (χ4n) is 5.13. The molecule has 0 aliphatic rings. The van der Waals surface area contributed by atoms with Crippen molar-refractivity contribution in [1.29, 1.82) is 0 Å². The van der Waals surface area contributed by atoms with Crippen molar-refractivity contribution in [2.45, 2.75) is 32.5 Å². The molecule has 1 N–H and O–H groups in total. The summed E-state index contributed by atoms with van der Waals surface area (Å²) < 4.78 is 55.8. The molecule has 6 rings (SSSR count). The molecule has 0 radical (unpaired) electrons. The van der Waals surface area contributed by atoms with Crippen molar-refractivity contribution >= 4 is 27.3 Å². The molecule has 0 aliphatic heterocycles. The first-order valence-corrected chi connectivity index (χ1v) is 15.7. The number of fused-ring (bicyclic) bond motifs is 1. The van der Waals surface area contributed by atoms with Gasteiger partial charge < -0.3 is 14.8 Å². The Morgan fingerprint density at radius 3 is 2.53 bits per heavy atom. The Morgan fingerprint density at radius 2 is 1.81 bits per heavy atom. The number of carbonyl (C=O) groups excluding carboxylic acids is 1. The first-order chi connectivity index (χ1) is 22.7. The molecule has 8 nitrogen and oxygen atoms in total. The number of para-hydroxylation sites is 1. The van der Waals surface area contributed by atoms with Crippen LogP contribution in [0.1, 0.15) is 40.5 Å². The number of Topliss-reactive ketones (excluding diaryl/α,β-unsaturated/α-hetero) is 1.